The fraction of sp³-hybridized carbons (Fsp3) is 0.188. The molecule has 0 atom stereocenters. The maximum Gasteiger partial charge on any atom is 0.184 e. The zero-order valence-electron chi connectivity index (χ0n) is 12.3. The van der Waals surface area contributed by atoms with Crippen molar-refractivity contribution in [1.82, 2.24) is 0 Å². The third-order valence-electron chi connectivity index (χ3n) is 3.06. The predicted octanol–water partition coefficient (Wildman–Crippen LogP) is 4.01. The summed E-state index contributed by atoms with van der Waals surface area (Å²) >= 11 is 5.99. The first kappa shape index (κ1) is 16.5. The Hall–Kier alpha value is -1.85. The Bertz CT molecular complexity index is 786. The molecule has 4 nitrogen and oxygen atoms in total. The van der Waals surface area contributed by atoms with Crippen molar-refractivity contribution in [3.63, 3.8) is 0 Å². The summed E-state index contributed by atoms with van der Waals surface area (Å²) < 4.78 is 30.0. The van der Waals surface area contributed by atoms with Crippen LogP contribution in [-0.4, -0.2) is 21.4 Å². The van der Waals surface area contributed by atoms with E-state index in [1.807, 2.05) is 0 Å². The average Bonchev–Trinajstić information content (AvgIpc) is 2.50. The van der Waals surface area contributed by atoms with Gasteiger partial charge < -0.3 is 4.74 Å². The van der Waals surface area contributed by atoms with E-state index in [4.69, 9.17) is 16.3 Å². The first-order valence-corrected chi connectivity index (χ1v) is 8.61. The number of nitrogens with zero attached hydrogens (tertiary/aromatic N) is 1. The van der Waals surface area contributed by atoms with Crippen molar-refractivity contribution >= 4 is 33.0 Å². The monoisotopic (exact) mass is 337 g/mol. The topological polar surface area (TPSA) is 55.7 Å². The summed E-state index contributed by atoms with van der Waals surface area (Å²) in [5, 5.41) is 0.465. The molecule has 0 radical (unpaired) electrons. The Morgan fingerprint density at radius 2 is 1.86 bits per heavy atom. The van der Waals surface area contributed by atoms with Gasteiger partial charge in [-0.15, -0.1) is 0 Å². The van der Waals surface area contributed by atoms with E-state index in [2.05, 4.69) is 4.99 Å². The van der Waals surface area contributed by atoms with Crippen LogP contribution < -0.4 is 0 Å². The number of aliphatic imine (C=N–C) groups is 1. The highest BCUT2D eigenvalue weighted by Crippen LogP contribution is 2.27. The molecule has 6 heteroatoms. The molecule has 2 aromatic rings. The first-order valence-electron chi connectivity index (χ1n) is 6.58. The molecule has 0 aliphatic carbocycles. The Balaban J connectivity index is 2.43. The molecule has 0 saturated heterocycles. The minimum absolute atomic E-state index is 0.173. The molecule has 0 N–H and O–H groups in total. The Morgan fingerprint density at radius 1 is 1.18 bits per heavy atom. The van der Waals surface area contributed by atoms with Crippen LogP contribution in [0.25, 0.3) is 0 Å². The maximum atomic E-state index is 12.5. The number of sulfone groups is 1. The summed E-state index contributed by atoms with van der Waals surface area (Å²) in [6, 6.07) is 13.3. The van der Waals surface area contributed by atoms with Crippen molar-refractivity contribution in [3.05, 3.63) is 59.1 Å². The lowest BCUT2D eigenvalue weighted by molar-refractivity contribution is 0.400. The van der Waals surface area contributed by atoms with Gasteiger partial charge in [-0.2, -0.15) is 0 Å². The van der Waals surface area contributed by atoms with E-state index in [9.17, 15) is 8.42 Å². The van der Waals surface area contributed by atoms with Crippen molar-refractivity contribution in [2.75, 3.05) is 7.11 Å². The van der Waals surface area contributed by atoms with Gasteiger partial charge in [0.2, 0.25) is 0 Å². The Morgan fingerprint density at radius 3 is 2.50 bits per heavy atom. The van der Waals surface area contributed by atoms with Crippen LogP contribution in [0.4, 0.5) is 5.69 Å². The molecule has 0 aliphatic rings. The molecular formula is C16H16ClNO3S. The standard InChI is InChI=1S/C16H16ClNO3S/c1-12(21-2)18-16-9-8-14(17)10-13(16)11-22(19,20)15-6-4-3-5-7-15/h3-10H,11H2,1-2H3. The summed E-state index contributed by atoms with van der Waals surface area (Å²) in [6.07, 6.45) is 0. The molecule has 22 heavy (non-hydrogen) atoms. The fourth-order valence-electron chi connectivity index (χ4n) is 1.91. The molecular weight excluding hydrogens is 322 g/mol. The number of rotatable bonds is 4. The number of halogens is 1. The van der Waals surface area contributed by atoms with Crippen LogP contribution in [0.15, 0.2) is 58.4 Å². The number of hydrogen-bond acceptors (Lipinski definition) is 4. The van der Waals surface area contributed by atoms with E-state index < -0.39 is 9.84 Å². The lowest BCUT2D eigenvalue weighted by atomic mass is 10.2. The summed E-state index contributed by atoms with van der Waals surface area (Å²) in [6.45, 7) is 1.70. The third-order valence-corrected chi connectivity index (χ3v) is 4.98. The smallest absolute Gasteiger partial charge is 0.184 e. The van der Waals surface area contributed by atoms with Crippen LogP contribution in [0, 0.1) is 0 Å². The van der Waals surface area contributed by atoms with Gasteiger partial charge >= 0.3 is 0 Å². The number of hydrogen-bond donors (Lipinski definition) is 0. The van der Waals surface area contributed by atoms with Crippen molar-refractivity contribution in [1.29, 1.82) is 0 Å². The fourth-order valence-corrected chi connectivity index (χ4v) is 3.48. The van der Waals surface area contributed by atoms with Crippen LogP contribution >= 0.6 is 11.6 Å². The van der Waals surface area contributed by atoms with Crippen LogP contribution in [-0.2, 0) is 20.3 Å². The molecule has 116 valence electrons. The Labute approximate surface area is 135 Å². The van der Waals surface area contributed by atoms with Gasteiger partial charge in [-0.1, -0.05) is 29.8 Å². The molecule has 2 aromatic carbocycles. The van der Waals surface area contributed by atoms with E-state index in [0.717, 1.165) is 0 Å². The second-order valence-corrected chi connectivity index (χ2v) is 7.11. The van der Waals surface area contributed by atoms with Gasteiger partial charge in [0, 0.05) is 11.9 Å². The van der Waals surface area contributed by atoms with Crippen molar-refractivity contribution < 1.29 is 13.2 Å². The lowest BCUT2D eigenvalue weighted by Crippen LogP contribution is -2.05. The summed E-state index contributed by atoms with van der Waals surface area (Å²) in [5.41, 5.74) is 1.07. The van der Waals surface area contributed by atoms with Crippen molar-refractivity contribution in [3.8, 4) is 0 Å². The molecule has 0 unspecified atom stereocenters. The van der Waals surface area contributed by atoms with Crippen LogP contribution in [0.3, 0.4) is 0 Å². The SMILES string of the molecule is COC(C)=Nc1ccc(Cl)cc1CS(=O)(=O)c1ccccc1. The molecule has 0 saturated carbocycles. The van der Waals surface area contributed by atoms with Crippen LogP contribution in [0.1, 0.15) is 12.5 Å². The van der Waals surface area contributed by atoms with Gasteiger partial charge in [0.1, 0.15) is 0 Å². The molecule has 0 spiro atoms. The molecule has 0 aromatic heterocycles. The minimum atomic E-state index is -3.46. The Kier molecular flexibility index (Phi) is 5.21. The highest BCUT2D eigenvalue weighted by Gasteiger charge is 2.17. The molecule has 2 rings (SSSR count). The van der Waals surface area contributed by atoms with E-state index in [1.165, 1.54) is 7.11 Å². The average molecular weight is 338 g/mol. The largest absolute Gasteiger partial charge is 0.484 e. The van der Waals surface area contributed by atoms with Gasteiger partial charge in [0.05, 0.1) is 23.4 Å². The zero-order chi connectivity index (χ0) is 16.2. The van der Waals surface area contributed by atoms with Gasteiger partial charge in [-0.3, -0.25) is 0 Å². The predicted molar refractivity (Wildman–Crippen MR) is 88.6 cm³/mol. The summed E-state index contributed by atoms with van der Waals surface area (Å²) in [4.78, 5) is 4.54. The molecule has 0 heterocycles. The molecule has 0 fully saturated rings. The second-order valence-electron chi connectivity index (χ2n) is 4.68. The quantitative estimate of drug-likeness (QED) is 0.625. The normalized spacial score (nSPS) is 12.2. The van der Waals surface area contributed by atoms with Crippen LogP contribution in [0.5, 0.6) is 0 Å². The first-order chi connectivity index (χ1) is 10.4. The van der Waals surface area contributed by atoms with E-state index in [-0.39, 0.29) is 10.6 Å². The van der Waals surface area contributed by atoms with E-state index >= 15 is 0 Å². The van der Waals surface area contributed by atoms with Crippen molar-refractivity contribution in [2.45, 2.75) is 17.6 Å². The second kappa shape index (κ2) is 6.94. The number of methoxy groups -OCH3 is 1. The number of ether oxygens (including phenoxy) is 1. The van der Waals surface area contributed by atoms with E-state index in [0.29, 0.717) is 22.2 Å². The highest BCUT2D eigenvalue weighted by molar-refractivity contribution is 7.90. The number of benzene rings is 2. The van der Waals surface area contributed by atoms with Crippen molar-refractivity contribution in [2.24, 2.45) is 4.99 Å². The molecule has 0 bridgehead atoms. The molecule has 0 amide bonds. The van der Waals surface area contributed by atoms with Crippen LogP contribution in [0.2, 0.25) is 5.02 Å². The minimum Gasteiger partial charge on any atom is -0.484 e. The third kappa shape index (κ3) is 4.08. The zero-order valence-corrected chi connectivity index (χ0v) is 13.9. The highest BCUT2D eigenvalue weighted by atomic mass is 35.5. The van der Waals surface area contributed by atoms with Gasteiger partial charge in [0.15, 0.2) is 15.7 Å². The molecule has 0 aliphatic heterocycles. The lowest BCUT2D eigenvalue weighted by Gasteiger charge is -2.09. The van der Waals surface area contributed by atoms with Gasteiger partial charge in [-0.25, -0.2) is 13.4 Å². The summed E-state index contributed by atoms with van der Waals surface area (Å²) in [5.74, 6) is 0.272. The summed E-state index contributed by atoms with van der Waals surface area (Å²) in [7, 11) is -1.95. The van der Waals surface area contributed by atoms with Gasteiger partial charge in [0.25, 0.3) is 0 Å². The van der Waals surface area contributed by atoms with Gasteiger partial charge in [-0.05, 0) is 35.9 Å². The van der Waals surface area contributed by atoms with E-state index in [1.54, 1.807) is 55.5 Å². The maximum absolute atomic E-state index is 12.5.